The van der Waals surface area contributed by atoms with E-state index in [1.807, 2.05) is 58.9 Å². The predicted octanol–water partition coefficient (Wildman–Crippen LogP) is 19.9. The molecule has 1 fully saturated rings. The summed E-state index contributed by atoms with van der Waals surface area (Å²) in [6.45, 7) is 34.6. The van der Waals surface area contributed by atoms with Crippen LogP contribution in [0.3, 0.4) is 0 Å². The minimum Gasteiger partial charge on any atom is -0.508 e. The maximum atomic E-state index is 12.6. The number of aryl methyl sites for hydroxylation is 10. The normalized spacial score (nSPS) is 11.8. The zero-order chi connectivity index (χ0) is 68.4. The number of aromatic nitrogens is 5. The van der Waals surface area contributed by atoms with Gasteiger partial charge in [0.25, 0.3) is 0 Å². The smallest absolute Gasteiger partial charge is 0.417 e. The largest absolute Gasteiger partial charge is 0.508 e. The van der Waals surface area contributed by atoms with Crippen molar-refractivity contribution >= 4 is 84.3 Å². The highest BCUT2D eigenvalue weighted by molar-refractivity contribution is 6.36. The molecule has 1 aliphatic carbocycles. The quantitative estimate of drug-likeness (QED) is 0.0846. The number of aromatic hydroxyl groups is 3. The molecule has 12 aromatic rings. The van der Waals surface area contributed by atoms with Gasteiger partial charge in [-0.3, -0.25) is 14.6 Å². The lowest BCUT2D eigenvalue weighted by Crippen LogP contribution is -2.12. The van der Waals surface area contributed by atoms with E-state index in [-0.39, 0.29) is 28.8 Å². The summed E-state index contributed by atoms with van der Waals surface area (Å²) in [5.41, 5.74) is 25.7. The molecule has 14 rings (SSSR count). The molecule has 1 aliphatic heterocycles. The lowest BCUT2D eigenvalue weighted by molar-refractivity contribution is 0.467. The van der Waals surface area contributed by atoms with E-state index < -0.39 is 5.76 Å². The van der Waals surface area contributed by atoms with Crippen molar-refractivity contribution < 1.29 is 24.1 Å². The van der Waals surface area contributed by atoms with Crippen LogP contribution in [0.4, 0.5) is 4.39 Å². The summed E-state index contributed by atoms with van der Waals surface area (Å²) >= 11 is 17.1. The predicted molar refractivity (Wildman–Crippen MR) is 385 cm³/mol. The second-order valence-electron chi connectivity index (χ2n) is 23.9. The summed E-state index contributed by atoms with van der Waals surface area (Å²) in [7, 11) is 1.79. The molecule has 9 aromatic carbocycles. The third-order valence-electron chi connectivity index (χ3n) is 17.6. The Morgan fingerprint density at radius 3 is 1.72 bits per heavy atom. The first kappa shape index (κ1) is 71.4. The van der Waals surface area contributed by atoms with Crippen molar-refractivity contribution in [3.63, 3.8) is 0 Å². The molecular weight excluding hydrogens is 1230 g/mol. The number of H-pyrrole nitrogens is 3. The van der Waals surface area contributed by atoms with Crippen LogP contribution in [0.2, 0.25) is 15.1 Å². The SMILES string of the molecule is C=C1NCc2ccc(C)c(C)c21.Cc1c(Cl)cc(Cl)c(O)c1C.Cc1c(O)ccc(F)c1C.Cc1c(O)cccc1Cl.Cc1ccc2[nH]c(=O)n(C)c2c1C.Cc1ccc2[nH]c(=O)oc2c1C.Cc1ccc2n[nH]c(C3CC3)c2c1C.Cc1cccc2cccc(C)c12. The number of hydrogen-bond donors (Lipinski definition) is 7. The summed E-state index contributed by atoms with van der Waals surface area (Å²) in [6, 6.07) is 38.5. The molecule has 0 atom stereocenters. The Bertz CT molecular complexity index is 4730. The molecule has 3 aromatic heterocycles. The van der Waals surface area contributed by atoms with Crippen LogP contribution in [0, 0.1) is 110 Å². The summed E-state index contributed by atoms with van der Waals surface area (Å²) in [5.74, 6) is 0.615. The summed E-state index contributed by atoms with van der Waals surface area (Å²) < 4.78 is 19.3. The van der Waals surface area contributed by atoms with Gasteiger partial charge in [-0.15, -0.1) is 0 Å². The fourth-order valence-electron chi connectivity index (χ4n) is 10.6. The van der Waals surface area contributed by atoms with Gasteiger partial charge >= 0.3 is 11.4 Å². The minimum absolute atomic E-state index is 0.0521. The van der Waals surface area contributed by atoms with Crippen molar-refractivity contribution in [2.24, 2.45) is 7.05 Å². The molecule has 486 valence electrons. The first-order valence-electron chi connectivity index (χ1n) is 30.6. The van der Waals surface area contributed by atoms with Crippen LogP contribution < -0.4 is 16.8 Å². The Kier molecular flexibility index (Phi) is 23.9. The second-order valence-corrected chi connectivity index (χ2v) is 25.1. The molecule has 0 saturated heterocycles. The number of phenolic OH excluding ortho intramolecular Hbond substituents is 3. The number of rotatable bonds is 1. The average molecular weight is 1310 g/mol. The highest BCUT2D eigenvalue weighted by Gasteiger charge is 2.28. The van der Waals surface area contributed by atoms with Gasteiger partial charge in [0.05, 0.1) is 27.1 Å². The van der Waals surface area contributed by atoms with Crippen LogP contribution in [0.25, 0.3) is 49.5 Å². The van der Waals surface area contributed by atoms with Gasteiger partial charge in [0.15, 0.2) is 5.58 Å². The Hall–Kier alpha value is -9.01. The summed E-state index contributed by atoms with van der Waals surface area (Å²) in [6.07, 6.45) is 2.65. The van der Waals surface area contributed by atoms with Gasteiger partial charge in [0.1, 0.15) is 23.1 Å². The van der Waals surface area contributed by atoms with Gasteiger partial charge in [0, 0.05) is 57.5 Å². The lowest BCUT2D eigenvalue weighted by Gasteiger charge is -2.06. The Morgan fingerprint density at radius 2 is 1.12 bits per heavy atom. The van der Waals surface area contributed by atoms with Gasteiger partial charge < -0.3 is 30.0 Å². The van der Waals surface area contributed by atoms with Crippen molar-refractivity contribution in [1.29, 1.82) is 0 Å². The standard InChI is InChI=1S/C12H14N2.C12H12.C11H13N.C10H12N2O.C9H9NO2.C8H8Cl2O.C8H9FO.C7H7ClO/c1-7-3-6-10-11(8(7)2)12(14-13-10)9-4-5-9;1-9-5-3-7-11-8-4-6-10(2)12(9)11;1-7-4-5-10-6-12-9(3)11(10)8(7)2;1-6-4-5-8-9(7(6)2)12(3)10(13)11-8;1-5-3-4-7-8(6(5)2)12-9(11)10-7;1-4-5(2)8(11)7(10)3-6(4)9;1-5-6(2)8(10)4-3-7(5)9;1-5-6(8)3-2-4-7(5)9/h3,6,9H,4-5H2,1-2H3,(H,13,14);3-8H,1-2H3;4-5,12H,3,6H2,1-2H3;4-5H,1-3H3,(H,11,13);3-4H,1-2H3,(H,10,11);3,11H,1-2H3;3-4,10H,1-2H3;2-4,9H,1H3. The molecule has 93 heavy (non-hydrogen) atoms. The Morgan fingerprint density at radius 1 is 0.548 bits per heavy atom. The summed E-state index contributed by atoms with van der Waals surface area (Å²) in [5, 5.41) is 43.8. The molecule has 12 nitrogen and oxygen atoms in total. The van der Waals surface area contributed by atoms with Crippen LogP contribution in [0.1, 0.15) is 119 Å². The topological polar surface area (TPSA) is 185 Å². The number of phenols is 3. The molecule has 16 heteroatoms. The fourth-order valence-corrected chi connectivity index (χ4v) is 11.4. The molecule has 0 spiro atoms. The van der Waals surface area contributed by atoms with E-state index in [4.69, 9.17) is 49.4 Å². The van der Waals surface area contributed by atoms with Crippen molar-refractivity contribution in [2.45, 2.75) is 129 Å². The average Bonchev–Trinajstić information content (AvgIpc) is 1.68. The van der Waals surface area contributed by atoms with Crippen molar-refractivity contribution in [3.8, 4) is 17.2 Å². The van der Waals surface area contributed by atoms with E-state index >= 15 is 0 Å². The van der Waals surface area contributed by atoms with Crippen LogP contribution in [0.5, 0.6) is 17.2 Å². The maximum absolute atomic E-state index is 12.6. The van der Waals surface area contributed by atoms with Gasteiger partial charge in [-0.2, -0.15) is 5.10 Å². The zero-order valence-electron chi connectivity index (χ0n) is 55.9. The Balaban J connectivity index is 0.000000151. The number of benzene rings is 9. The van der Waals surface area contributed by atoms with Gasteiger partial charge in [-0.25, -0.2) is 14.0 Å². The van der Waals surface area contributed by atoms with E-state index in [0.717, 1.165) is 68.0 Å². The zero-order valence-corrected chi connectivity index (χ0v) is 58.2. The van der Waals surface area contributed by atoms with Crippen LogP contribution in [-0.4, -0.2) is 40.1 Å². The van der Waals surface area contributed by atoms with Gasteiger partial charge in [-0.05, 0) is 259 Å². The molecule has 0 amide bonds. The van der Waals surface area contributed by atoms with Crippen molar-refractivity contribution in [3.05, 3.63) is 270 Å². The van der Waals surface area contributed by atoms with E-state index in [1.165, 1.54) is 102 Å². The third kappa shape index (κ3) is 17.0. The first-order valence-corrected chi connectivity index (χ1v) is 31.7. The summed E-state index contributed by atoms with van der Waals surface area (Å²) in [4.78, 5) is 27.5. The molecule has 4 heterocycles. The molecular formula is C77H84Cl3FN6O6. The highest BCUT2D eigenvalue weighted by atomic mass is 35.5. The number of nitrogens with one attached hydrogen (secondary N) is 4. The van der Waals surface area contributed by atoms with E-state index in [0.29, 0.717) is 31.8 Å². The number of hydrogen-bond acceptors (Lipinski definition) is 8. The van der Waals surface area contributed by atoms with Crippen molar-refractivity contribution in [1.82, 2.24) is 30.0 Å². The molecule has 2 aliphatic rings. The second kappa shape index (κ2) is 31.1. The number of halogens is 4. The number of aromatic amines is 3. The molecule has 1 saturated carbocycles. The highest BCUT2D eigenvalue weighted by Crippen LogP contribution is 2.43. The maximum Gasteiger partial charge on any atom is 0.417 e. The van der Waals surface area contributed by atoms with E-state index in [9.17, 15) is 19.1 Å². The molecule has 7 N–H and O–H groups in total. The van der Waals surface area contributed by atoms with Gasteiger partial charge in [0.2, 0.25) is 0 Å². The molecule has 0 bridgehead atoms. The van der Waals surface area contributed by atoms with E-state index in [1.54, 1.807) is 63.6 Å². The van der Waals surface area contributed by atoms with Crippen LogP contribution >= 0.6 is 34.8 Å². The first-order chi connectivity index (χ1) is 43.9. The Labute approximate surface area is 558 Å². The van der Waals surface area contributed by atoms with Crippen LogP contribution in [0.15, 0.2) is 142 Å². The van der Waals surface area contributed by atoms with E-state index in [2.05, 4.69) is 134 Å². The van der Waals surface area contributed by atoms with Crippen LogP contribution in [-0.2, 0) is 13.6 Å². The third-order valence-corrected chi connectivity index (χ3v) is 18.7. The number of fused-ring (bicyclic) bond motifs is 5. The number of nitrogens with zero attached hydrogens (tertiary/aromatic N) is 2. The molecule has 0 radical (unpaired) electrons. The lowest BCUT2D eigenvalue weighted by atomic mass is 9.99. The number of imidazole rings is 1. The minimum atomic E-state index is -0.390. The van der Waals surface area contributed by atoms with Gasteiger partial charge in [-0.1, -0.05) is 114 Å². The van der Waals surface area contributed by atoms with Crippen molar-refractivity contribution in [2.75, 3.05) is 0 Å². The monoisotopic (exact) mass is 1310 g/mol. The fraction of sp³-hybridized carbons (Fsp3) is 0.260. The number of oxazole rings is 1. The molecule has 0 unspecified atom stereocenters.